The number of Topliss-reactive ketones (excluding diaryl/α,β-unsaturated/α-hetero) is 2. The number of ketones is 2. The molecule has 0 rings (SSSR count). The summed E-state index contributed by atoms with van der Waals surface area (Å²) in [6.45, 7) is 3.18. The third-order valence-corrected chi connectivity index (χ3v) is 1.21. The van der Waals surface area contributed by atoms with E-state index in [0.717, 1.165) is 0 Å². The first-order valence-corrected chi connectivity index (χ1v) is 3.77. The molecule has 4 nitrogen and oxygen atoms in total. The van der Waals surface area contributed by atoms with Crippen molar-refractivity contribution in [3.8, 4) is 0 Å². The Morgan fingerprint density at radius 2 is 1.75 bits per heavy atom. The molecule has 0 atom stereocenters. The van der Waals surface area contributed by atoms with Gasteiger partial charge in [-0.15, -0.1) is 0 Å². The number of esters is 1. The molecule has 0 aliphatic heterocycles. The van der Waals surface area contributed by atoms with Crippen molar-refractivity contribution < 1.29 is 19.1 Å². The van der Waals surface area contributed by atoms with E-state index in [-0.39, 0.29) is 25.2 Å². The topological polar surface area (TPSA) is 60.4 Å². The molecule has 4 heteroatoms. The lowest BCUT2D eigenvalue weighted by Gasteiger charge is -1.98. The Labute approximate surface area is 70.9 Å². The third-order valence-electron chi connectivity index (χ3n) is 1.21. The maximum absolute atomic E-state index is 10.8. The predicted molar refractivity (Wildman–Crippen MR) is 41.6 cm³/mol. The van der Waals surface area contributed by atoms with Crippen LogP contribution in [-0.2, 0) is 19.1 Å². The minimum absolute atomic E-state index is 0.0475. The molecule has 0 aliphatic rings. The summed E-state index contributed by atoms with van der Waals surface area (Å²) in [6, 6.07) is 0. The van der Waals surface area contributed by atoms with Gasteiger partial charge in [-0.2, -0.15) is 0 Å². The first kappa shape index (κ1) is 10.8. The summed E-state index contributed by atoms with van der Waals surface area (Å²) in [4.78, 5) is 31.9. The quantitative estimate of drug-likeness (QED) is 0.447. The van der Waals surface area contributed by atoms with E-state index in [0.29, 0.717) is 0 Å². The van der Waals surface area contributed by atoms with Crippen LogP contribution in [0.5, 0.6) is 0 Å². The van der Waals surface area contributed by atoms with Gasteiger partial charge in [0.25, 0.3) is 0 Å². The Bertz CT molecular complexity index is 195. The van der Waals surface area contributed by atoms with Crippen LogP contribution in [0.1, 0.15) is 26.7 Å². The normalized spacial score (nSPS) is 9.17. The highest BCUT2D eigenvalue weighted by Crippen LogP contribution is 1.94. The number of hydrogen-bond acceptors (Lipinski definition) is 4. The van der Waals surface area contributed by atoms with Crippen molar-refractivity contribution >= 4 is 17.5 Å². The predicted octanol–water partition coefficient (Wildman–Crippen LogP) is 0.488. The lowest BCUT2D eigenvalue weighted by atomic mass is 10.2. The van der Waals surface area contributed by atoms with Crippen LogP contribution < -0.4 is 0 Å². The summed E-state index contributed by atoms with van der Waals surface area (Å²) in [6.07, 6.45) is 0.0613. The van der Waals surface area contributed by atoms with E-state index >= 15 is 0 Å². The van der Waals surface area contributed by atoms with E-state index in [1.807, 2.05) is 0 Å². The smallest absolute Gasteiger partial charge is 0.374 e. The van der Waals surface area contributed by atoms with Crippen molar-refractivity contribution in [2.45, 2.75) is 26.7 Å². The first-order valence-electron chi connectivity index (χ1n) is 3.77. The highest BCUT2D eigenvalue weighted by molar-refractivity contribution is 6.33. The number of hydrogen-bond donors (Lipinski definition) is 0. The molecule has 0 spiro atoms. The average molecular weight is 172 g/mol. The summed E-state index contributed by atoms with van der Waals surface area (Å²) in [5.74, 6) is -1.58. The van der Waals surface area contributed by atoms with Gasteiger partial charge >= 0.3 is 5.97 Å². The Balaban J connectivity index is 3.72. The molecular formula is C8H12O4. The van der Waals surface area contributed by atoms with Gasteiger partial charge in [-0.25, -0.2) is 4.79 Å². The van der Waals surface area contributed by atoms with Gasteiger partial charge in [0, 0.05) is 12.8 Å². The van der Waals surface area contributed by atoms with Crippen LogP contribution in [0.15, 0.2) is 0 Å². The summed E-state index contributed by atoms with van der Waals surface area (Å²) >= 11 is 0. The largest absolute Gasteiger partial charge is 0.460 e. The molecule has 0 aromatic heterocycles. The first-order chi connectivity index (χ1) is 5.57. The maximum atomic E-state index is 10.8. The zero-order valence-electron chi connectivity index (χ0n) is 7.25. The second kappa shape index (κ2) is 5.46. The number of carbonyl (C=O) groups is 3. The van der Waals surface area contributed by atoms with Crippen LogP contribution in [0, 0.1) is 0 Å². The van der Waals surface area contributed by atoms with Gasteiger partial charge in [-0.05, 0) is 13.8 Å². The zero-order valence-corrected chi connectivity index (χ0v) is 7.25. The molecule has 0 aliphatic carbocycles. The van der Waals surface area contributed by atoms with Crippen molar-refractivity contribution in [3.05, 3.63) is 0 Å². The van der Waals surface area contributed by atoms with Gasteiger partial charge in [-0.1, -0.05) is 0 Å². The highest BCUT2D eigenvalue weighted by atomic mass is 16.5. The molecule has 0 saturated heterocycles. The van der Waals surface area contributed by atoms with Gasteiger partial charge < -0.3 is 9.53 Å². The Morgan fingerprint density at radius 1 is 1.17 bits per heavy atom. The Kier molecular flexibility index (Phi) is 4.92. The van der Waals surface area contributed by atoms with E-state index in [4.69, 9.17) is 0 Å². The molecule has 0 bridgehead atoms. The zero-order chi connectivity index (χ0) is 9.56. The summed E-state index contributed by atoms with van der Waals surface area (Å²) in [5.41, 5.74) is 0. The molecule has 0 heterocycles. The Morgan fingerprint density at radius 3 is 2.17 bits per heavy atom. The number of rotatable bonds is 5. The fraction of sp³-hybridized carbons (Fsp3) is 0.625. The van der Waals surface area contributed by atoms with Crippen molar-refractivity contribution in [2.75, 3.05) is 6.61 Å². The molecule has 0 aromatic carbocycles. The molecule has 0 saturated carbocycles. The van der Waals surface area contributed by atoms with Crippen LogP contribution >= 0.6 is 0 Å². The van der Waals surface area contributed by atoms with Crippen molar-refractivity contribution in [2.24, 2.45) is 0 Å². The summed E-state index contributed by atoms with van der Waals surface area (Å²) < 4.78 is 4.44. The summed E-state index contributed by atoms with van der Waals surface area (Å²) in [5, 5.41) is 0. The number of ether oxygens (including phenoxy) is 1. The van der Waals surface area contributed by atoms with Crippen molar-refractivity contribution in [1.29, 1.82) is 0 Å². The second-order valence-electron chi connectivity index (χ2n) is 2.35. The monoisotopic (exact) mass is 172 g/mol. The molecule has 0 amide bonds. The third kappa shape index (κ3) is 4.60. The molecule has 0 N–H and O–H groups in total. The van der Waals surface area contributed by atoms with Crippen molar-refractivity contribution in [1.82, 2.24) is 0 Å². The molecule has 0 aromatic rings. The van der Waals surface area contributed by atoms with E-state index < -0.39 is 11.8 Å². The van der Waals surface area contributed by atoms with Gasteiger partial charge in [0.15, 0.2) is 0 Å². The highest BCUT2D eigenvalue weighted by Gasteiger charge is 2.14. The van der Waals surface area contributed by atoms with Crippen LogP contribution in [0.4, 0.5) is 0 Å². The minimum atomic E-state index is -0.848. The van der Waals surface area contributed by atoms with Crippen LogP contribution in [-0.4, -0.2) is 24.1 Å². The molecule has 68 valence electrons. The van der Waals surface area contributed by atoms with Gasteiger partial charge in [-0.3, -0.25) is 4.79 Å². The second-order valence-corrected chi connectivity index (χ2v) is 2.35. The standard InChI is InChI=1S/C8H12O4/c1-3-12-8(11)7(10)5-4-6(2)9/h3-5H2,1-2H3. The van der Waals surface area contributed by atoms with Crippen molar-refractivity contribution in [3.63, 3.8) is 0 Å². The molecule has 0 radical (unpaired) electrons. The minimum Gasteiger partial charge on any atom is -0.460 e. The summed E-state index contributed by atoms with van der Waals surface area (Å²) in [7, 11) is 0. The molecule has 12 heavy (non-hydrogen) atoms. The molecule has 0 fully saturated rings. The van der Waals surface area contributed by atoms with Crippen LogP contribution in [0.3, 0.4) is 0 Å². The van der Waals surface area contributed by atoms with E-state index in [1.54, 1.807) is 6.92 Å². The van der Waals surface area contributed by atoms with Gasteiger partial charge in [0.05, 0.1) is 6.61 Å². The van der Waals surface area contributed by atoms with Gasteiger partial charge in [0.2, 0.25) is 5.78 Å². The lowest BCUT2D eigenvalue weighted by Crippen LogP contribution is -2.17. The van der Waals surface area contributed by atoms with Gasteiger partial charge in [0.1, 0.15) is 5.78 Å². The average Bonchev–Trinajstić information content (AvgIpc) is 2.00. The molecule has 0 unspecified atom stereocenters. The number of carbonyl (C=O) groups excluding carboxylic acids is 3. The fourth-order valence-corrected chi connectivity index (χ4v) is 0.603. The van der Waals surface area contributed by atoms with Crippen LogP contribution in [0.25, 0.3) is 0 Å². The van der Waals surface area contributed by atoms with Crippen LogP contribution in [0.2, 0.25) is 0 Å². The Hall–Kier alpha value is -1.19. The lowest BCUT2D eigenvalue weighted by molar-refractivity contribution is -0.153. The maximum Gasteiger partial charge on any atom is 0.374 e. The van der Waals surface area contributed by atoms with E-state index in [1.165, 1.54) is 6.92 Å². The molecular weight excluding hydrogens is 160 g/mol. The van der Waals surface area contributed by atoms with E-state index in [2.05, 4.69) is 4.74 Å². The SMILES string of the molecule is CCOC(=O)C(=O)CCC(C)=O. The fourth-order valence-electron chi connectivity index (χ4n) is 0.603. The van der Waals surface area contributed by atoms with E-state index in [9.17, 15) is 14.4 Å².